The monoisotopic (exact) mass is 292 g/mol. The molecule has 116 valence electrons. The Balaban J connectivity index is 1.62. The van der Waals surface area contributed by atoms with Crippen LogP contribution in [0.4, 0.5) is 0 Å². The minimum absolute atomic E-state index is 0.367. The highest BCUT2D eigenvalue weighted by Crippen LogP contribution is 2.12. The largest absolute Gasteiger partial charge is 0.494 e. The summed E-state index contributed by atoms with van der Waals surface area (Å²) in [6.45, 7) is 8.39. The fraction of sp³-hybridized carbons (Fsp3) is 0.588. The molecule has 0 amide bonds. The quantitative estimate of drug-likeness (QED) is 0.609. The van der Waals surface area contributed by atoms with Gasteiger partial charge < -0.3 is 14.4 Å². The molecule has 1 fully saturated rings. The van der Waals surface area contributed by atoms with E-state index in [9.17, 15) is 4.79 Å². The van der Waals surface area contributed by atoms with Crippen LogP contribution in [-0.4, -0.2) is 44.7 Å². The minimum Gasteiger partial charge on any atom is -0.494 e. The number of benzene rings is 1. The number of morpholine rings is 1. The second-order valence-electron chi connectivity index (χ2n) is 5.91. The van der Waals surface area contributed by atoms with Crippen LogP contribution in [0.25, 0.3) is 0 Å². The molecule has 1 saturated heterocycles. The van der Waals surface area contributed by atoms with Crippen LogP contribution in [-0.2, 0) is 4.74 Å². The molecular weight excluding hydrogens is 266 g/mol. The van der Waals surface area contributed by atoms with Gasteiger partial charge >= 0.3 is 0 Å². The fourth-order valence-electron chi connectivity index (χ4n) is 2.94. The lowest BCUT2D eigenvalue weighted by molar-refractivity contribution is -0.915. The van der Waals surface area contributed by atoms with E-state index in [1.807, 2.05) is 12.1 Å². The van der Waals surface area contributed by atoms with Crippen molar-refractivity contribution in [3.05, 3.63) is 29.8 Å². The Morgan fingerprint density at radius 1 is 1.29 bits per heavy atom. The van der Waals surface area contributed by atoms with Crippen molar-refractivity contribution in [2.75, 3.05) is 26.2 Å². The summed E-state index contributed by atoms with van der Waals surface area (Å²) in [5.41, 5.74) is 0.660. The number of ether oxygens (including phenoxy) is 2. The molecule has 21 heavy (non-hydrogen) atoms. The number of quaternary nitrogens is 1. The van der Waals surface area contributed by atoms with Crippen molar-refractivity contribution >= 4 is 6.29 Å². The van der Waals surface area contributed by atoms with E-state index >= 15 is 0 Å². The SMILES string of the molecule is C[C@@H]1C[NH+](CCCCOc2cccc(C=O)c2)C[C@@H](C)O1. The van der Waals surface area contributed by atoms with Gasteiger partial charge in [-0.15, -0.1) is 0 Å². The van der Waals surface area contributed by atoms with E-state index in [4.69, 9.17) is 9.47 Å². The number of unbranched alkanes of at least 4 members (excludes halogenated alkanes) is 1. The molecule has 0 aromatic heterocycles. The highest BCUT2D eigenvalue weighted by Gasteiger charge is 2.24. The van der Waals surface area contributed by atoms with Crippen LogP contribution < -0.4 is 9.64 Å². The number of rotatable bonds is 7. The number of hydrogen-bond donors (Lipinski definition) is 1. The van der Waals surface area contributed by atoms with Gasteiger partial charge in [-0.05, 0) is 38.8 Å². The van der Waals surface area contributed by atoms with E-state index in [-0.39, 0.29) is 0 Å². The standard InChI is InChI=1S/C17H25NO3/c1-14-11-18(12-15(2)21-14)8-3-4-9-20-17-7-5-6-16(10-17)13-19/h5-7,10,13-15H,3-4,8-9,11-12H2,1-2H3/p+1/t14-,15-/m1/s1. The van der Waals surface area contributed by atoms with E-state index in [0.717, 1.165) is 38.0 Å². The van der Waals surface area contributed by atoms with Gasteiger partial charge in [0.15, 0.2) is 0 Å². The Hall–Kier alpha value is -1.39. The number of aldehydes is 1. The predicted molar refractivity (Wildman–Crippen MR) is 82.1 cm³/mol. The molecule has 0 radical (unpaired) electrons. The number of hydrogen-bond acceptors (Lipinski definition) is 3. The third kappa shape index (κ3) is 5.48. The maximum atomic E-state index is 10.7. The molecule has 0 bridgehead atoms. The predicted octanol–water partition coefficient (Wildman–Crippen LogP) is 1.35. The maximum absolute atomic E-state index is 10.7. The van der Waals surface area contributed by atoms with Crippen molar-refractivity contribution in [1.82, 2.24) is 0 Å². The first-order valence-electron chi connectivity index (χ1n) is 7.84. The molecule has 0 unspecified atom stereocenters. The summed E-state index contributed by atoms with van der Waals surface area (Å²) in [7, 11) is 0. The summed E-state index contributed by atoms with van der Waals surface area (Å²) >= 11 is 0. The first-order valence-corrected chi connectivity index (χ1v) is 7.84. The van der Waals surface area contributed by atoms with Crippen LogP contribution in [0.15, 0.2) is 24.3 Å². The Kier molecular flexibility index (Phi) is 6.21. The Bertz CT molecular complexity index is 439. The van der Waals surface area contributed by atoms with Crippen LogP contribution in [0.2, 0.25) is 0 Å². The average molecular weight is 292 g/mol. The summed E-state index contributed by atoms with van der Waals surface area (Å²) in [5, 5.41) is 0. The zero-order chi connectivity index (χ0) is 15.1. The molecule has 1 aliphatic rings. The Morgan fingerprint density at radius 2 is 2.05 bits per heavy atom. The molecule has 4 nitrogen and oxygen atoms in total. The summed E-state index contributed by atoms with van der Waals surface area (Å²) in [6, 6.07) is 7.30. The van der Waals surface area contributed by atoms with Gasteiger partial charge in [-0.3, -0.25) is 4.79 Å². The molecule has 1 aromatic rings. The lowest BCUT2D eigenvalue weighted by Gasteiger charge is -2.32. The molecule has 1 heterocycles. The summed E-state index contributed by atoms with van der Waals surface area (Å²) in [6.07, 6.45) is 3.77. The van der Waals surface area contributed by atoms with Crippen molar-refractivity contribution in [2.45, 2.75) is 38.9 Å². The number of carbonyl (C=O) groups is 1. The number of carbonyl (C=O) groups excluding carboxylic acids is 1. The fourth-order valence-corrected chi connectivity index (χ4v) is 2.94. The first-order chi connectivity index (χ1) is 10.2. The van der Waals surface area contributed by atoms with Gasteiger partial charge in [-0.1, -0.05) is 12.1 Å². The van der Waals surface area contributed by atoms with Gasteiger partial charge in [-0.25, -0.2) is 0 Å². The van der Waals surface area contributed by atoms with Gasteiger partial charge in [0.25, 0.3) is 0 Å². The molecule has 1 aliphatic heterocycles. The Morgan fingerprint density at radius 3 is 2.76 bits per heavy atom. The molecule has 0 spiro atoms. The molecular formula is C17H26NO3+. The maximum Gasteiger partial charge on any atom is 0.150 e. The van der Waals surface area contributed by atoms with Gasteiger partial charge in [0.05, 0.1) is 13.2 Å². The van der Waals surface area contributed by atoms with Crippen molar-refractivity contribution in [1.29, 1.82) is 0 Å². The topological polar surface area (TPSA) is 40.0 Å². The van der Waals surface area contributed by atoms with Crippen LogP contribution in [0, 0.1) is 0 Å². The van der Waals surface area contributed by atoms with E-state index in [1.54, 1.807) is 17.0 Å². The summed E-state index contributed by atoms with van der Waals surface area (Å²) < 4.78 is 11.4. The van der Waals surface area contributed by atoms with Crippen molar-refractivity contribution in [2.24, 2.45) is 0 Å². The molecule has 1 aromatic carbocycles. The normalized spacial score (nSPS) is 25.5. The average Bonchev–Trinajstić information content (AvgIpc) is 2.46. The lowest BCUT2D eigenvalue weighted by atomic mass is 10.2. The third-order valence-corrected chi connectivity index (χ3v) is 3.80. The van der Waals surface area contributed by atoms with E-state index < -0.39 is 0 Å². The summed E-state index contributed by atoms with van der Waals surface area (Å²) in [4.78, 5) is 12.3. The molecule has 2 atom stereocenters. The third-order valence-electron chi connectivity index (χ3n) is 3.80. The van der Waals surface area contributed by atoms with Gasteiger partial charge in [0.1, 0.15) is 37.3 Å². The molecule has 2 rings (SSSR count). The summed E-state index contributed by atoms with van der Waals surface area (Å²) in [5.74, 6) is 0.778. The minimum atomic E-state index is 0.367. The van der Waals surface area contributed by atoms with Crippen LogP contribution >= 0.6 is 0 Å². The van der Waals surface area contributed by atoms with E-state index in [1.165, 1.54) is 6.54 Å². The molecule has 1 N–H and O–H groups in total. The van der Waals surface area contributed by atoms with Crippen LogP contribution in [0.5, 0.6) is 5.75 Å². The van der Waals surface area contributed by atoms with Crippen LogP contribution in [0.3, 0.4) is 0 Å². The molecule has 0 saturated carbocycles. The van der Waals surface area contributed by atoms with E-state index in [0.29, 0.717) is 24.4 Å². The molecule has 4 heteroatoms. The first kappa shape index (κ1) is 16.0. The van der Waals surface area contributed by atoms with Crippen molar-refractivity contribution in [3.63, 3.8) is 0 Å². The van der Waals surface area contributed by atoms with Gasteiger partial charge in [0, 0.05) is 5.56 Å². The second kappa shape index (κ2) is 8.15. The smallest absolute Gasteiger partial charge is 0.150 e. The van der Waals surface area contributed by atoms with Gasteiger partial charge in [-0.2, -0.15) is 0 Å². The van der Waals surface area contributed by atoms with Gasteiger partial charge in [0.2, 0.25) is 0 Å². The number of nitrogens with one attached hydrogen (secondary N) is 1. The zero-order valence-electron chi connectivity index (χ0n) is 13.0. The second-order valence-corrected chi connectivity index (χ2v) is 5.91. The van der Waals surface area contributed by atoms with E-state index in [2.05, 4.69) is 13.8 Å². The van der Waals surface area contributed by atoms with Crippen LogP contribution in [0.1, 0.15) is 37.0 Å². The highest BCUT2D eigenvalue weighted by molar-refractivity contribution is 5.75. The zero-order valence-corrected chi connectivity index (χ0v) is 13.0. The highest BCUT2D eigenvalue weighted by atomic mass is 16.5. The van der Waals surface area contributed by atoms with Crippen molar-refractivity contribution in [3.8, 4) is 5.75 Å². The molecule has 0 aliphatic carbocycles. The van der Waals surface area contributed by atoms with Crippen molar-refractivity contribution < 1.29 is 19.2 Å². The Labute approximate surface area is 127 Å². The lowest BCUT2D eigenvalue weighted by Crippen LogP contribution is -3.15.